The standard InChI is InChI=1S/2C11H8O4/c1-14-11(13)10-6-8(12)7-4-2-3-5-9(7)15-10;1-6-9(12)7-4-2-3-5-8(7)15-10(6)11(13)14/h2-6H,1H3;2-5H,1H3,(H,13,14). The topological polar surface area (TPSA) is 124 Å². The van der Waals surface area contributed by atoms with E-state index >= 15 is 0 Å². The zero-order valence-corrected chi connectivity index (χ0v) is 16.0. The van der Waals surface area contributed by atoms with Crippen molar-refractivity contribution >= 4 is 33.9 Å². The fraction of sp³-hybridized carbons (Fsp3) is 0.0909. The maximum atomic E-state index is 11.7. The van der Waals surface area contributed by atoms with Crippen molar-refractivity contribution in [2.24, 2.45) is 0 Å². The van der Waals surface area contributed by atoms with Crippen LogP contribution in [0, 0.1) is 6.92 Å². The van der Waals surface area contributed by atoms with Crippen molar-refractivity contribution in [3.8, 4) is 0 Å². The first-order chi connectivity index (χ1) is 14.3. The quantitative estimate of drug-likeness (QED) is 0.501. The average Bonchev–Trinajstić information content (AvgIpc) is 2.76. The second-order valence-corrected chi connectivity index (χ2v) is 6.15. The third-order valence-electron chi connectivity index (χ3n) is 4.24. The molecule has 0 unspecified atom stereocenters. The summed E-state index contributed by atoms with van der Waals surface area (Å²) in [7, 11) is 1.23. The lowest BCUT2D eigenvalue weighted by molar-refractivity contribution is 0.0565. The molecule has 8 heteroatoms. The maximum absolute atomic E-state index is 11.7. The van der Waals surface area contributed by atoms with Gasteiger partial charge in [0.15, 0.2) is 10.9 Å². The Bertz CT molecular complexity index is 1380. The van der Waals surface area contributed by atoms with Crippen molar-refractivity contribution in [1.29, 1.82) is 0 Å². The first kappa shape index (κ1) is 20.5. The summed E-state index contributed by atoms with van der Waals surface area (Å²) < 4.78 is 14.8. The minimum Gasteiger partial charge on any atom is -0.475 e. The van der Waals surface area contributed by atoms with Crippen LogP contribution in [0.4, 0.5) is 0 Å². The normalized spacial score (nSPS) is 10.3. The third kappa shape index (κ3) is 3.97. The van der Waals surface area contributed by atoms with E-state index in [9.17, 15) is 19.2 Å². The van der Waals surface area contributed by atoms with Crippen molar-refractivity contribution in [2.75, 3.05) is 7.11 Å². The molecule has 0 spiro atoms. The monoisotopic (exact) mass is 408 g/mol. The molecule has 0 aliphatic rings. The van der Waals surface area contributed by atoms with E-state index in [-0.39, 0.29) is 27.9 Å². The Hall–Kier alpha value is -4.20. The van der Waals surface area contributed by atoms with Gasteiger partial charge in [-0.2, -0.15) is 0 Å². The lowest BCUT2D eigenvalue weighted by Crippen LogP contribution is -2.12. The number of methoxy groups -OCH3 is 1. The summed E-state index contributed by atoms with van der Waals surface area (Å²) in [6.07, 6.45) is 0. The molecule has 0 saturated carbocycles. The molecule has 0 bridgehead atoms. The van der Waals surface area contributed by atoms with Gasteiger partial charge >= 0.3 is 11.9 Å². The van der Waals surface area contributed by atoms with E-state index in [0.29, 0.717) is 21.9 Å². The lowest BCUT2D eigenvalue weighted by atomic mass is 10.1. The number of fused-ring (bicyclic) bond motifs is 2. The fourth-order valence-electron chi connectivity index (χ4n) is 2.74. The molecule has 2 heterocycles. The number of ether oxygens (including phenoxy) is 1. The summed E-state index contributed by atoms with van der Waals surface area (Å²) in [6, 6.07) is 14.4. The molecule has 152 valence electrons. The molecule has 30 heavy (non-hydrogen) atoms. The smallest absolute Gasteiger partial charge is 0.374 e. The van der Waals surface area contributed by atoms with E-state index in [1.165, 1.54) is 14.0 Å². The molecular formula is C22H16O8. The molecular weight excluding hydrogens is 392 g/mol. The zero-order chi connectivity index (χ0) is 21.8. The van der Waals surface area contributed by atoms with E-state index < -0.39 is 11.9 Å². The van der Waals surface area contributed by atoms with Crippen LogP contribution in [0.3, 0.4) is 0 Å². The highest BCUT2D eigenvalue weighted by molar-refractivity contribution is 5.89. The molecule has 1 N–H and O–H groups in total. The largest absolute Gasteiger partial charge is 0.475 e. The number of para-hydroxylation sites is 2. The highest BCUT2D eigenvalue weighted by Gasteiger charge is 2.15. The number of carboxylic acids is 1. The number of hydrogen-bond donors (Lipinski definition) is 1. The second-order valence-electron chi connectivity index (χ2n) is 6.15. The summed E-state index contributed by atoms with van der Waals surface area (Å²) in [6.45, 7) is 1.45. The number of carbonyl (C=O) groups excluding carboxylic acids is 1. The van der Waals surface area contributed by atoms with Gasteiger partial charge in [0.1, 0.15) is 11.2 Å². The Morgan fingerprint density at radius 3 is 2.07 bits per heavy atom. The molecule has 0 amide bonds. The molecule has 4 aromatic rings. The summed E-state index contributed by atoms with van der Waals surface area (Å²) >= 11 is 0. The number of aromatic carboxylic acids is 1. The van der Waals surface area contributed by atoms with Gasteiger partial charge in [-0.15, -0.1) is 0 Å². The molecule has 0 aliphatic heterocycles. The van der Waals surface area contributed by atoms with Crippen LogP contribution in [-0.2, 0) is 4.74 Å². The number of benzene rings is 2. The van der Waals surface area contributed by atoms with E-state index in [1.807, 2.05) is 0 Å². The van der Waals surface area contributed by atoms with Gasteiger partial charge < -0.3 is 18.7 Å². The molecule has 8 nitrogen and oxygen atoms in total. The Labute approximate surface area is 168 Å². The highest BCUT2D eigenvalue weighted by Crippen LogP contribution is 2.15. The third-order valence-corrected chi connectivity index (χ3v) is 4.24. The van der Waals surface area contributed by atoms with Gasteiger partial charge in [-0.25, -0.2) is 9.59 Å². The molecule has 0 radical (unpaired) electrons. The van der Waals surface area contributed by atoms with Crippen LogP contribution in [0.15, 0.2) is 73.0 Å². The van der Waals surface area contributed by atoms with Crippen molar-refractivity contribution in [3.63, 3.8) is 0 Å². The predicted molar refractivity (Wildman–Crippen MR) is 108 cm³/mol. The van der Waals surface area contributed by atoms with Gasteiger partial charge in [0.25, 0.3) is 0 Å². The molecule has 0 atom stereocenters. The van der Waals surface area contributed by atoms with Crippen LogP contribution in [0.25, 0.3) is 21.9 Å². The second kappa shape index (κ2) is 8.44. The van der Waals surface area contributed by atoms with Crippen LogP contribution in [0.2, 0.25) is 0 Å². The molecule has 4 rings (SSSR count). The van der Waals surface area contributed by atoms with Crippen LogP contribution in [-0.4, -0.2) is 24.2 Å². The zero-order valence-electron chi connectivity index (χ0n) is 16.0. The summed E-state index contributed by atoms with van der Waals surface area (Å²) in [5, 5.41) is 9.67. The fourth-order valence-corrected chi connectivity index (χ4v) is 2.74. The van der Waals surface area contributed by atoms with Crippen molar-refractivity contribution in [1.82, 2.24) is 0 Å². The van der Waals surface area contributed by atoms with E-state index in [2.05, 4.69) is 4.74 Å². The minimum absolute atomic E-state index is 0.0822. The number of rotatable bonds is 2. The number of esters is 1. The van der Waals surface area contributed by atoms with Crippen molar-refractivity contribution in [3.05, 3.63) is 92.1 Å². The average molecular weight is 408 g/mol. The maximum Gasteiger partial charge on any atom is 0.374 e. The lowest BCUT2D eigenvalue weighted by Gasteiger charge is -2.01. The first-order valence-corrected chi connectivity index (χ1v) is 8.70. The Morgan fingerprint density at radius 1 is 0.900 bits per heavy atom. The van der Waals surface area contributed by atoms with Crippen LogP contribution in [0.5, 0.6) is 0 Å². The summed E-state index contributed by atoms with van der Waals surface area (Å²) in [5.74, 6) is -2.26. The number of carbonyl (C=O) groups is 2. The van der Waals surface area contributed by atoms with Crippen molar-refractivity contribution < 1.29 is 28.3 Å². The van der Waals surface area contributed by atoms with Gasteiger partial charge in [-0.3, -0.25) is 9.59 Å². The van der Waals surface area contributed by atoms with Crippen LogP contribution in [0.1, 0.15) is 26.7 Å². The van der Waals surface area contributed by atoms with E-state index in [1.54, 1.807) is 48.5 Å². The van der Waals surface area contributed by atoms with Crippen LogP contribution >= 0.6 is 0 Å². The molecule has 0 aliphatic carbocycles. The van der Waals surface area contributed by atoms with E-state index in [0.717, 1.165) is 6.07 Å². The summed E-state index contributed by atoms with van der Waals surface area (Å²) in [4.78, 5) is 45.2. The first-order valence-electron chi connectivity index (χ1n) is 8.70. The molecule has 0 fully saturated rings. The van der Waals surface area contributed by atoms with E-state index in [4.69, 9.17) is 13.9 Å². The van der Waals surface area contributed by atoms with Gasteiger partial charge in [0, 0.05) is 11.6 Å². The minimum atomic E-state index is -1.23. The molecule has 0 saturated heterocycles. The number of hydrogen-bond acceptors (Lipinski definition) is 7. The summed E-state index contributed by atoms with van der Waals surface area (Å²) in [5.41, 5.74) is 0.253. The van der Waals surface area contributed by atoms with Gasteiger partial charge in [0.2, 0.25) is 11.5 Å². The Balaban J connectivity index is 0.000000171. The van der Waals surface area contributed by atoms with Gasteiger partial charge in [-0.1, -0.05) is 24.3 Å². The Kier molecular flexibility index (Phi) is 5.78. The molecule has 2 aromatic heterocycles. The SMILES string of the molecule is COC(=O)c1cc(=O)c2ccccc2o1.Cc1c(C(=O)O)oc2ccccc2c1=O. The van der Waals surface area contributed by atoms with Gasteiger partial charge in [-0.05, 0) is 31.2 Å². The highest BCUT2D eigenvalue weighted by atomic mass is 16.5. The Morgan fingerprint density at radius 2 is 1.47 bits per heavy atom. The molecule has 2 aromatic carbocycles. The predicted octanol–water partition coefficient (Wildman–Crippen LogP) is 3.38. The van der Waals surface area contributed by atoms with Gasteiger partial charge in [0.05, 0.1) is 17.9 Å². The van der Waals surface area contributed by atoms with Crippen molar-refractivity contribution in [2.45, 2.75) is 6.92 Å². The number of carboxylic acid groups (broad SMARTS) is 1. The van der Waals surface area contributed by atoms with Crippen LogP contribution < -0.4 is 10.9 Å².